The minimum atomic E-state index is -2.47. The molecule has 0 bridgehead atoms. The summed E-state index contributed by atoms with van der Waals surface area (Å²) in [5.74, 6) is -0.250. The number of unbranched alkanes of at least 4 members (excludes halogenated alkanes) is 34. The second kappa shape index (κ2) is 112. The maximum Gasteiger partial charge on any atom is 0.500 e. The van der Waals surface area contributed by atoms with Crippen molar-refractivity contribution < 1.29 is 148 Å². The van der Waals surface area contributed by atoms with Gasteiger partial charge in [0.1, 0.15) is 0 Å². The molecule has 0 saturated heterocycles. The molecule has 24 nitrogen and oxygen atoms in total. The van der Waals surface area contributed by atoms with Gasteiger partial charge in [0.2, 0.25) is 0 Å². The van der Waals surface area contributed by atoms with Gasteiger partial charge in [-0.15, -0.1) is 17.7 Å². The van der Waals surface area contributed by atoms with Gasteiger partial charge in [-0.1, -0.05) is 195 Å². The lowest BCUT2D eigenvalue weighted by Crippen LogP contribution is -3.00. The third-order valence-corrected chi connectivity index (χ3v) is 35.8. The van der Waals surface area contributed by atoms with Gasteiger partial charge in [-0.3, -0.25) is 14.4 Å². The Balaban J connectivity index is -0.000000666. The van der Waals surface area contributed by atoms with Crippen LogP contribution < -0.4 is 37.2 Å². The van der Waals surface area contributed by atoms with E-state index in [1.807, 2.05) is 80.5 Å². The van der Waals surface area contributed by atoms with Crippen LogP contribution in [0.3, 0.4) is 0 Å². The molecule has 2 N–H and O–H groups in total. The fourth-order valence-electron chi connectivity index (χ4n) is 19.0. The number of benzene rings is 1. The summed E-state index contributed by atoms with van der Waals surface area (Å²) in [4.78, 5) is 36.8. The predicted octanol–water partition coefficient (Wildman–Crippen LogP) is 18.3. The molecule has 0 spiro atoms. The summed E-state index contributed by atoms with van der Waals surface area (Å²) in [6.07, 6.45) is 60.5. The molecule has 0 saturated carbocycles. The Kier molecular flexibility index (Phi) is 118. The van der Waals surface area contributed by atoms with Crippen molar-refractivity contribution in [2.75, 3.05) is 218 Å². The van der Waals surface area contributed by atoms with Gasteiger partial charge in [0.05, 0.1) is 92.3 Å². The normalized spacial score (nSPS) is 12.2. The first-order valence-electron chi connectivity index (χ1n) is 59.1. The molecule has 144 heavy (non-hydrogen) atoms. The van der Waals surface area contributed by atoms with Gasteiger partial charge in [0, 0.05) is 189 Å². The maximum absolute atomic E-state index is 12.4. The molecule has 0 amide bonds. The molecule has 1 unspecified atom stereocenters. The summed E-state index contributed by atoms with van der Waals surface area (Å²) in [5.41, 5.74) is 1.16. The number of esters is 3. The monoisotopic (exact) mass is 2170 g/mol. The van der Waals surface area contributed by atoms with Crippen molar-refractivity contribution >= 4 is 44.3 Å². The first-order valence-corrected chi connectivity index (χ1v) is 64.9. The van der Waals surface area contributed by atoms with Crippen LogP contribution in [0.25, 0.3) is 0 Å². The number of carbonyl (C=O) groups is 3. The quantitative estimate of drug-likeness (QED) is 0.0154. The van der Waals surface area contributed by atoms with E-state index in [2.05, 4.69) is 60.3 Å². The van der Waals surface area contributed by atoms with E-state index >= 15 is 0 Å². The lowest BCUT2D eigenvalue weighted by atomic mass is 10.1. The molecule has 0 fully saturated rings. The van der Waals surface area contributed by atoms with E-state index in [0.29, 0.717) is 116 Å². The summed E-state index contributed by atoms with van der Waals surface area (Å²) >= 11 is 0. The fraction of sp³-hybridized carbons (Fsp3) is 0.912. The smallest absolute Gasteiger partial charge is 0.500 e. The van der Waals surface area contributed by atoms with Gasteiger partial charge < -0.3 is 134 Å². The minimum absolute atomic E-state index is 0. The van der Waals surface area contributed by atoms with Crippen molar-refractivity contribution in [3.05, 3.63) is 42.4 Å². The van der Waals surface area contributed by atoms with Crippen molar-refractivity contribution in [1.29, 1.82) is 0 Å². The highest BCUT2D eigenvalue weighted by Gasteiger charge is 2.42. The van der Waals surface area contributed by atoms with Crippen molar-refractivity contribution in [2.45, 2.75) is 462 Å². The van der Waals surface area contributed by atoms with E-state index in [0.717, 1.165) is 248 Å². The van der Waals surface area contributed by atoms with Crippen LogP contribution in [0.5, 0.6) is 0 Å². The van der Waals surface area contributed by atoms with Gasteiger partial charge in [-0.2, -0.15) is 12.1 Å². The Morgan fingerprint density at radius 1 is 0.243 bits per heavy atom. The summed E-state index contributed by atoms with van der Waals surface area (Å²) in [6.45, 7) is 56.9. The third kappa shape index (κ3) is 91.7. The number of nitrogens with zero attached hydrogens (tertiary/aromatic N) is 3. The second-order valence-corrected chi connectivity index (χ2v) is 47.4. The average molecular weight is 2170 g/mol. The number of hydrogen-bond donors (Lipinski definition) is 2. The van der Waals surface area contributed by atoms with Gasteiger partial charge in [0.25, 0.3) is 0 Å². The van der Waals surface area contributed by atoms with Crippen LogP contribution in [-0.4, -0.2) is 286 Å². The largest absolute Gasteiger partial charge is 1.00 e. The zero-order valence-electron chi connectivity index (χ0n) is 96.0. The second-order valence-electron chi connectivity index (χ2n) is 39.2. The molecule has 1 aromatic rings. The Hall–Kier alpha value is -1.70. The molecule has 862 valence electrons. The zero-order valence-corrected chi connectivity index (χ0v) is 101. The van der Waals surface area contributed by atoms with Crippen molar-refractivity contribution in [3.63, 3.8) is 0 Å². The number of rotatable bonds is 110. The van der Waals surface area contributed by atoms with Crippen molar-refractivity contribution in [1.82, 2.24) is 0 Å². The zero-order chi connectivity index (χ0) is 104. The van der Waals surface area contributed by atoms with Gasteiger partial charge in [-0.25, -0.2) is 0 Å². The topological polar surface area (TPSA) is 239 Å². The highest BCUT2D eigenvalue weighted by Crippen LogP contribution is 2.27. The summed E-state index contributed by atoms with van der Waals surface area (Å²) in [6, 6.07) is 13.0. The standard InChI is InChI=1S/C42H88NO6Si.C38H71NO8Si.C34H72NO7Si.3ClH/c1-7-13-16-17-22-28-36-43(34-26-14-8-2,35-27-15-9-3)37-32-40-46-42(44)33-25-30-39-45-38-29-23-20-18-19-21-24-31-41-50(47-10-4,48-11-5)49-12-6;1-5-45-48(46-6-2,47-7-3)35-20-13-11-9-8-10-12-18-30-42-32-23-33-43-31-19-17-26-38(41)44-34-22-28-39(4,27-21-29-40)36-37-24-15-14-16-25-37;1-6-25-35(26-7-2,27-18-19-29-36)28-23-32-39-34(37)24-17-21-31-38-30-20-15-13-11-12-14-16-22-33-43(40-8-3,41-9-4)42-10-5;;;/h7-41H2,1-6H3;14-16,24-25,36,40H,5-13,17-23,26-35H2,1-4H3;36H,6-33H2,1-5H3;3*1H/q+1;;+1;;;/p-3. The molecule has 0 aromatic heterocycles. The number of aliphatic hydroxyl groups is 2. The van der Waals surface area contributed by atoms with Gasteiger partial charge in [-0.05, 0) is 217 Å². The number of ether oxygens (including phenoxy) is 7. The Bertz CT molecular complexity index is 2700. The van der Waals surface area contributed by atoms with Crippen LogP contribution in [-0.2, 0) is 87.4 Å². The SMILES string of the molecule is CCCCCCCC[N+](CCCCC)(CCCCC)CCCOC(=O)CCCCOCCCCCCCCCC[Si](OCC)(OCC)OCC.CCC[N+](CCC)(CCCCO)CCCOC(=O)CCCCOCCCCCCCCCC[Si](OCC)(OCC)OCC.CCO[Si](CCCCCCCCCCOCCCOCCCCC(=O)OCCC[N+](C)([CH-]c1ccccc1)CCCO)(OCC)OCC.[Cl-].[Cl-].[Cl-]. The number of carbonyl (C=O) groups excluding carboxylic acids is 3. The summed E-state index contributed by atoms with van der Waals surface area (Å²) < 4.78 is 96.4. The molecule has 0 aliphatic heterocycles. The Morgan fingerprint density at radius 3 is 0.764 bits per heavy atom. The van der Waals surface area contributed by atoms with Gasteiger partial charge in [0.15, 0.2) is 0 Å². The number of hydrogen-bond acceptors (Lipinski definition) is 21. The molecule has 0 aliphatic rings. The highest BCUT2D eigenvalue weighted by atomic mass is 35.5. The Labute approximate surface area is 908 Å². The summed E-state index contributed by atoms with van der Waals surface area (Å²) in [5, 5.41) is 18.5. The molecule has 1 atom stereocenters. The van der Waals surface area contributed by atoms with E-state index in [1.54, 1.807) is 0 Å². The van der Waals surface area contributed by atoms with Crippen LogP contribution in [0, 0.1) is 6.54 Å². The average Bonchev–Trinajstić information content (AvgIpc) is 0.875. The van der Waals surface area contributed by atoms with Crippen LogP contribution in [0.4, 0.5) is 0 Å². The molecule has 1 rings (SSSR count). The number of quaternary nitrogens is 3. The minimum Gasteiger partial charge on any atom is -1.00 e. The van der Waals surface area contributed by atoms with E-state index in [4.69, 9.17) is 78.1 Å². The fourth-order valence-corrected chi connectivity index (χ4v) is 27.0. The van der Waals surface area contributed by atoms with Gasteiger partial charge >= 0.3 is 44.3 Å². The van der Waals surface area contributed by atoms with Crippen LogP contribution in [0.1, 0.15) is 449 Å². The van der Waals surface area contributed by atoms with Crippen molar-refractivity contribution in [2.24, 2.45) is 0 Å². The molecular weight excluding hydrogens is 1940 g/mol. The van der Waals surface area contributed by atoms with Crippen molar-refractivity contribution in [3.8, 4) is 0 Å². The van der Waals surface area contributed by atoms with E-state index < -0.39 is 26.4 Å². The first kappa shape index (κ1) is 151. The Morgan fingerprint density at radius 2 is 0.472 bits per heavy atom. The van der Waals surface area contributed by atoms with Crippen LogP contribution in [0.2, 0.25) is 18.1 Å². The van der Waals surface area contributed by atoms with Crippen LogP contribution in [0.15, 0.2) is 30.3 Å². The molecular formula is C114H231Cl3N3O21Si3-. The molecule has 0 radical (unpaired) electrons. The first-order chi connectivity index (χ1) is 68.9. The highest BCUT2D eigenvalue weighted by molar-refractivity contribution is 6.61. The third-order valence-electron chi connectivity index (χ3n) is 26.3. The van der Waals surface area contributed by atoms with E-state index in [1.165, 1.54) is 217 Å². The number of halogens is 3. The molecule has 30 heteroatoms. The molecule has 0 aliphatic carbocycles. The lowest BCUT2D eigenvalue weighted by Gasteiger charge is -2.39. The van der Waals surface area contributed by atoms with E-state index in [-0.39, 0.29) is 68.3 Å². The molecule has 1 aromatic carbocycles. The summed E-state index contributed by atoms with van der Waals surface area (Å²) in [7, 11) is -5.25. The van der Waals surface area contributed by atoms with E-state index in [9.17, 15) is 19.5 Å². The van der Waals surface area contributed by atoms with Crippen LogP contribution >= 0.6 is 0 Å². The lowest BCUT2D eigenvalue weighted by molar-refractivity contribution is -0.929. The maximum atomic E-state index is 12.4. The predicted molar refractivity (Wildman–Crippen MR) is 590 cm³/mol. The number of aliphatic hydroxyl groups excluding tert-OH is 2. The molecule has 0 heterocycles.